The number of amides is 1. The Kier molecular flexibility index (Phi) is 5.80. The molecule has 0 heterocycles. The highest BCUT2D eigenvalue weighted by Crippen LogP contribution is 2.20. The number of carbonyl (C=O) groups excluding carboxylic acids is 1. The molecule has 0 aromatic heterocycles. The van der Waals surface area contributed by atoms with Crippen LogP contribution >= 0.6 is 0 Å². The SMILES string of the molecule is Cc1ccc(OCCCC(=O)Nc2cccc(C)c2C)c(C)c1. The fourth-order valence-corrected chi connectivity index (χ4v) is 2.48. The smallest absolute Gasteiger partial charge is 0.224 e. The zero-order valence-corrected chi connectivity index (χ0v) is 14.4. The number of nitrogens with one attached hydrogen (secondary N) is 1. The minimum absolute atomic E-state index is 0.0305. The van der Waals surface area contributed by atoms with E-state index in [0.29, 0.717) is 19.4 Å². The molecule has 1 N–H and O–H groups in total. The summed E-state index contributed by atoms with van der Waals surface area (Å²) in [5.74, 6) is 0.925. The van der Waals surface area contributed by atoms with Gasteiger partial charge < -0.3 is 10.1 Å². The number of rotatable bonds is 6. The molecular weight excluding hydrogens is 286 g/mol. The third kappa shape index (κ3) is 4.85. The van der Waals surface area contributed by atoms with E-state index in [0.717, 1.165) is 22.6 Å². The maximum atomic E-state index is 12.0. The average Bonchev–Trinajstić information content (AvgIpc) is 2.50. The van der Waals surface area contributed by atoms with Crippen molar-refractivity contribution in [1.29, 1.82) is 0 Å². The van der Waals surface area contributed by atoms with E-state index in [2.05, 4.69) is 18.3 Å². The summed E-state index contributed by atoms with van der Waals surface area (Å²) >= 11 is 0. The van der Waals surface area contributed by atoms with Gasteiger partial charge in [-0.2, -0.15) is 0 Å². The first-order valence-corrected chi connectivity index (χ1v) is 8.03. The lowest BCUT2D eigenvalue weighted by molar-refractivity contribution is -0.116. The summed E-state index contributed by atoms with van der Waals surface area (Å²) in [6.07, 6.45) is 1.16. The van der Waals surface area contributed by atoms with E-state index in [4.69, 9.17) is 4.74 Å². The van der Waals surface area contributed by atoms with E-state index < -0.39 is 0 Å². The number of carbonyl (C=O) groups is 1. The lowest BCUT2D eigenvalue weighted by Crippen LogP contribution is -2.14. The van der Waals surface area contributed by atoms with Crippen LogP contribution in [0.25, 0.3) is 0 Å². The van der Waals surface area contributed by atoms with Crippen LogP contribution in [0, 0.1) is 27.7 Å². The van der Waals surface area contributed by atoms with Gasteiger partial charge in [0.05, 0.1) is 6.61 Å². The molecule has 3 heteroatoms. The highest BCUT2D eigenvalue weighted by atomic mass is 16.5. The van der Waals surface area contributed by atoms with Gasteiger partial charge in [0.1, 0.15) is 5.75 Å². The number of aryl methyl sites for hydroxylation is 3. The van der Waals surface area contributed by atoms with Gasteiger partial charge in [-0.15, -0.1) is 0 Å². The third-order valence-electron chi connectivity index (χ3n) is 4.01. The molecule has 122 valence electrons. The Morgan fingerprint density at radius 3 is 2.57 bits per heavy atom. The molecule has 0 saturated heterocycles. The minimum Gasteiger partial charge on any atom is -0.493 e. The topological polar surface area (TPSA) is 38.3 Å². The minimum atomic E-state index is 0.0305. The monoisotopic (exact) mass is 311 g/mol. The Labute approximate surface area is 138 Å². The summed E-state index contributed by atoms with van der Waals surface area (Å²) < 4.78 is 5.76. The van der Waals surface area contributed by atoms with Crippen molar-refractivity contribution in [2.45, 2.75) is 40.5 Å². The molecule has 1 amide bonds. The maximum Gasteiger partial charge on any atom is 0.224 e. The Hall–Kier alpha value is -2.29. The largest absolute Gasteiger partial charge is 0.493 e. The molecule has 2 rings (SSSR count). The standard InChI is InChI=1S/C20H25NO2/c1-14-10-11-19(16(3)13-14)23-12-6-9-20(22)21-18-8-5-7-15(2)17(18)4/h5,7-8,10-11,13H,6,9,12H2,1-4H3,(H,21,22). The molecule has 0 aliphatic rings. The van der Waals surface area contributed by atoms with Gasteiger partial charge in [-0.05, 0) is 62.9 Å². The first-order chi connectivity index (χ1) is 11.0. The fourth-order valence-electron chi connectivity index (χ4n) is 2.48. The van der Waals surface area contributed by atoms with E-state index in [1.165, 1.54) is 11.1 Å². The molecule has 0 unspecified atom stereocenters. The molecule has 0 radical (unpaired) electrons. The van der Waals surface area contributed by atoms with Crippen LogP contribution in [0.3, 0.4) is 0 Å². The Balaban J connectivity index is 1.78. The predicted molar refractivity (Wildman–Crippen MR) is 95.2 cm³/mol. The highest BCUT2D eigenvalue weighted by molar-refractivity contribution is 5.91. The van der Waals surface area contributed by atoms with Crippen LogP contribution in [0.5, 0.6) is 5.75 Å². The van der Waals surface area contributed by atoms with Crippen molar-refractivity contribution in [3.05, 3.63) is 58.7 Å². The third-order valence-corrected chi connectivity index (χ3v) is 4.01. The second-order valence-electron chi connectivity index (χ2n) is 6.02. The van der Waals surface area contributed by atoms with Gasteiger partial charge in [-0.25, -0.2) is 0 Å². The van der Waals surface area contributed by atoms with Gasteiger partial charge in [0, 0.05) is 12.1 Å². The van der Waals surface area contributed by atoms with Crippen molar-refractivity contribution in [1.82, 2.24) is 0 Å². The van der Waals surface area contributed by atoms with Gasteiger partial charge in [-0.3, -0.25) is 4.79 Å². The highest BCUT2D eigenvalue weighted by Gasteiger charge is 2.06. The first-order valence-electron chi connectivity index (χ1n) is 8.03. The van der Waals surface area contributed by atoms with Crippen molar-refractivity contribution < 1.29 is 9.53 Å². The van der Waals surface area contributed by atoms with Crippen molar-refractivity contribution in [2.24, 2.45) is 0 Å². The quantitative estimate of drug-likeness (QED) is 0.784. The molecule has 0 fully saturated rings. The second kappa shape index (κ2) is 7.82. The van der Waals surface area contributed by atoms with E-state index in [1.54, 1.807) is 0 Å². The number of hydrogen-bond donors (Lipinski definition) is 1. The fraction of sp³-hybridized carbons (Fsp3) is 0.350. The molecule has 2 aromatic rings. The van der Waals surface area contributed by atoms with Gasteiger partial charge in [0.15, 0.2) is 0 Å². The number of anilines is 1. The van der Waals surface area contributed by atoms with Crippen molar-refractivity contribution >= 4 is 11.6 Å². The van der Waals surface area contributed by atoms with E-state index in [1.807, 2.05) is 51.1 Å². The summed E-state index contributed by atoms with van der Waals surface area (Å²) in [7, 11) is 0. The molecule has 3 nitrogen and oxygen atoms in total. The summed E-state index contributed by atoms with van der Waals surface area (Å²) in [6, 6.07) is 12.1. The number of benzene rings is 2. The van der Waals surface area contributed by atoms with Crippen LogP contribution in [0.15, 0.2) is 36.4 Å². The summed E-state index contributed by atoms with van der Waals surface area (Å²) in [6.45, 7) is 8.71. The molecule has 0 atom stereocenters. The number of hydrogen-bond acceptors (Lipinski definition) is 2. The van der Waals surface area contributed by atoms with Crippen LogP contribution < -0.4 is 10.1 Å². The zero-order valence-electron chi connectivity index (χ0n) is 14.4. The molecule has 0 aliphatic carbocycles. The normalized spacial score (nSPS) is 10.4. The van der Waals surface area contributed by atoms with Crippen LogP contribution in [-0.4, -0.2) is 12.5 Å². The van der Waals surface area contributed by atoms with E-state index >= 15 is 0 Å². The average molecular weight is 311 g/mol. The van der Waals surface area contributed by atoms with Gasteiger partial charge in [-0.1, -0.05) is 29.8 Å². The van der Waals surface area contributed by atoms with Crippen LogP contribution in [-0.2, 0) is 4.79 Å². The molecule has 0 aliphatic heterocycles. The summed E-state index contributed by atoms with van der Waals surface area (Å²) in [5.41, 5.74) is 5.55. The van der Waals surface area contributed by atoms with Crippen molar-refractivity contribution in [2.75, 3.05) is 11.9 Å². The first kappa shape index (κ1) is 17.1. The van der Waals surface area contributed by atoms with Gasteiger partial charge in [0.25, 0.3) is 0 Å². The van der Waals surface area contributed by atoms with Crippen molar-refractivity contribution in [3.8, 4) is 5.75 Å². The van der Waals surface area contributed by atoms with Gasteiger partial charge >= 0.3 is 0 Å². The summed E-state index contributed by atoms with van der Waals surface area (Å²) in [4.78, 5) is 12.0. The molecule has 0 saturated carbocycles. The Bertz CT molecular complexity index is 692. The molecule has 23 heavy (non-hydrogen) atoms. The molecular formula is C20H25NO2. The zero-order chi connectivity index (χ0) is 16.8. The predicted octanol–water partition coefficient (Wildman–Crippen LogP) is 4.72. The Morgan fingerprint density at radius 2 is 1.83 bits per heavy atom. The molecule has 2 aromatic carbocycles. The lowest BCUT2D eigenvalue weighted by Gasteiger charge is -2.11. The van der Waals surface area contributed by atoms with Crippen molar-refractivity contribution in [3.63, 3.8) is 0 Å². The van der Waals surface area contributed by atoms with Gasteiger partial charge in [0.2, 0.25) is 5.91 Å². The second-order valence-corrected chi connectivity index (χ2v) is 6.02. The Morgan fingerprint density at radius 1 is 1.04 bits per heavy atom. The molecule has 0 spiro atoms. The van der Waals surface area contributed by atoms with E-state index in [-0.39, 0.29) is 5.91 Å². The van der Waals surface area contributed by atoms with Crippen LogP contribution in [0.1, 0.15) is 35.1 Å². The van der Waals surface area contributed by atoms with Crippen LogP contribution in [0.4, 0.5) is 5.69 Å². The lowest BCUT2D eigenvalue weighted by atomic mass is 10.1. The maximum absolute atomic E-state index is 12.0. The van der Waals surface area contributed by atoms with Crippen LogP contribution in [0.2, 0.25) is 0 Å². The molecule has 0 bridgehead atoms. The van der Waals surface area contributed by atoms with E-state index in [9.17, 15) is 4.79 Å². The number of ether oxygens (including phenoxy) is 1. The summed E-state index contributed by atoms with van der Waals surface area (Å²) in [5, 5.41) is 2.97.